The van der Waals surface area contributed by atoms with Gasteiger partial charge in [0, 0.05) is 22.8 Å². The van der Waals surface area contributed by atoms with Gasteiger partial charge in [-0.3, -0.25) is 4.79 Å². The zero-order chi connectivity index (χ0) is 16.2. The van der Waals surface area contributed by atoms with Gasteiger partial charge in [0.2, 0.25) is 5.91 Å². The summed E-state index contributed by atoms with van der Waals surface area (Å²) in [6.45, 7) is 1.93. The maximum absolute atomic E-state index is 12.2. The standard InChI is InChI=1S/C15H17N3O3S2/c1-9-14-11(12-3-2-5-22-12)7-13(19)16-15(14)18(17-9)10-4-6-23(20,21)8-10/h2-3,5,10-11H,4,6-8H2,1H3,(H,16,19)/t10-,11-/m0/s1. The molecule has 8 heteroatoms. The van der Waals surface area contributed by atoms with Gasteiger partial charge < -0.3 is 5.32 Å². The van der Waals surface area contributed by atoms with E-state index in [2.05, 4.69) is 10.4 Å². The number of amides is 1. The molecule has 1 saturated heterocycles. The fraction of sp³-hybridized carbons (Fsp3) is 0.467. The Kier molecular flexibility index (Phi) is 3.35. The first-order chi connectivity index (χ1) is 10.9. The number of aryl methyl sites for hydroxylation is 1. The van der Waals surface area contributed by atoms with Crippen molar-refractivity contribution < 1.29 is 13.2 Å². The zero-order valence-electron chi connectivity index (χ0n) is 12.7. The molecular weight excluding hydrogens is 334 g/mol. The predicted molar refractivity (Wildman–Crippen MR) is 88.7 cm³/mol. The van der Waals surface area contributed by atoms with E-state index in [1.54, 1.807) is 16.0 Å². The third-order valence-corrected chi connectivity index (χ3v) is 7.30. The van der Waals surface area contributed by atoms with Crippen molar-refractivity contribution in [2.75, 3.05) is 16.8 Å². The normalized spacial score (nSPS) is 26.0. The number of nitrogens with zero attached hydrogens (tertiary/aromatic N) is 2. The number of nitrogens with one attached hydrogen (secondary N) is 1. The van der Waals surface area contributed by atoms with Crippen molar-refractivity contribution >= 4 is 32.9 Å². The lowest BCUT2D eigenvalue weighted by Gasteiger charge is -2.24. The first kappa shape index (κ1) is 14.9. The number of carbonyl (C=O) groups is 1. The van der Waals surface area contributed by atoms with E-state index in [1.807, 2.05) is 24.4 Å². The van der Waals surface area contributed by atoms with Crippen LogP contribution in [0, 0.1) is 6.92 Å². The van der Waals surface area contributed by atoms with Gasteiger partial charge in [-0.05, 0) is 24.8 Å². The lowest BCUT2D eigenvalue weighted by atomic mass is 9.90. The fourth-order valence-electron chi connectivity index (χ4n) is 3.54. The van der Waals surface area contributed by atoms with Crippen molar-refractivity contribution in [3.05, 3.63) is 33.6 Å². The number of anilines is 1. The molecule has 0 saturated carbocycles. The highest BCUT2D eigenvalue weighted by atomic mass is 32.2. The summed E-state index contributed by atoms with van der Waals surface area (Å²) in [5.41, 5.74) is 1.89. The minimum absolute atomic E-state index is 0.00510. The molecule has 4 rings (SSSR count). The van der Waals surface area contributed by atoms with Crippen LogP contribution in [0.1, 0.15) is 40.9 Å². The largest absolute Gasteiger partial charge is 0.311 e. The first-order valence-electron chi connectivity index (χ1n) is 7.57. The zero-order valence-corrected chi connectivity index (χ0v) is 14.3. The van der Waals surface area contributed by atoms with Gasteiger partial charge in [0.1, 0.15) is 5.82 Å². The van der Waals surface area contributed by atoms with Crippen molar-refractivity contribution in [2.24, 2.45) is 0 Å². The summed E-state index contributed by atoms with van der Waals surface area (Å²) in [4.78, 5) is 13.3. The molecule has 1 N–H and O–H groups in total. The third-order valence-electron chi connectivity index (χ3n) is 4.57. The molecule has 2 aliphatic heterocycles. The van der Waals surface area contributed by atoms with Crippen molar-refractivity contribution in [2.45, 2.75) is 31.7 Å². The van der Waals surface area contributed by atoms with Gasteiger partial charge in [0.05, 0.1) is 23.2 Å². The summed E-state index contributed by atoms with van der Waals surface area (Å²) < 4.78 is 25.3. The van der Waals surface area contributed by atoms with Gasteiger partial charge in [0.25, 0.3) is 0 Å². The number of aromatic nitrogens is 2. The second-order valence-electron chi connectivity index (χ2n) is 6.17. The summed E-state index contributed by atoms with van der Waals surface area (Å²) in [6.07, 6.45) is 0.957. The van der Waals surface area contributed by atoms with E-state index in [1.165, 1.54) is 0 Å². The van der Waals surface area contributed by atoms with Crippen LogP contribution >= 0.6 is 11.3 Å². The second-order valence-corrected chi connectivity index (χ2v) is 9.38. The first-order valence-corrected chi connectivity index (χ1v) is 10.3. The van der Waals surface area contributed by atoms with Gasteiger partial charge in [0.15, 0.2) is 9.84 Å². The van der Waals surface area contributed by atoms with Gasteiger partial charge in [-0.25, -0.2) is 13.1 Å². The van der Waals surface area contributed by atoms with E-state index in [0.29, 0.717) is 18.7 Å². The lowest BCUT2D eigenvalue weighted by molar-refractivity contribution is -0.116. The average molecular weight is 351 g/mol. The topological polar surface area (TPSA) is 81.1 Å². The molecule has 2 aliphatic rings. The molecule has 23 heavy (non-hydrogen) atoms. The van der Waals surface area contributed by atoms with Gasteiger partial charge in [-0.2, -0.15) is 5.10 Å². The Morgan fingerprint density at radius 3 is 2.91 bits per heavy atom. The Hall–Kier alpha value is -1.67. The van der Waals surface area contributed by atoms with Crippen molar-refractivity contribution in [3.63, 3.8) is 0 Å². The number of rotatable bonds is 2. The summed E-state index contributed by atoms with van der Waals surface area (Å²) in [5, 5.41) is 9.50. The van der Waals surface area contributed by atoms with E-state index in [-0.39, 0.29) is 29.4 Å². The van der Waals surface area contributed by atoms with Gasteiger partial charge in [-0.15, -0.1) is 11.3 Å². The van der Waals surface area contributed by atoms with Crippen molar-refractivity contribution in [1.82, 2.24) is 9.78 Å². The molecule has 2 aromatic rings. The highest BCUT2D eigenvalue weighted by Gasteiger charge is 2.37. The number of fused-ring (bicyclic) bond motifs is 1. The number of thiophene rings is 1. The Bertz CT molecular complexity index is 868. The molecule has 2 aromatic heterocycles. The summed E-state index contributed by atoms with van der Waals surface area (Å²) in [7, 11) is -3.00. The summed E-state index contributed by atoms with van der Waals surface area (Å²) in [5.74, 6) is 0.927. The molecular formula is C15H17N3O3S2. The summed E-state index contributed by atoms with van der Waals surface area (Å²) >= 11 is 1.63. The van der Waals surface area contributed by atoms with Crippen LogP contribution in [0.4, 0.5) is 5.82 Å². The average Bonchev–Trinajstić information content (AvgIpc) is 3.18. The van der Waals surface area contributed by atoms with Crippen LogP contribution in [0.5, 0.6) is 0 Å². The molecule has 0 aromatic carbocycles. The van der Waals surface area contributed by atoms with E-state index in [0.717, 1.165) is 16.1 Å². The molecule has 1 fully saturated rings. The molecule has 6 nitrogen and oxygen atoms in total. The molecule has 0 unspecified atom stereocenters. The van der Waals surface area contributed by atoms with Crippen LogP contribution in [0.2, 0.25) is 0 Å². The predicted octanol–water partition coefficient (Wildman–Crippen LogP) is 2.09. The SMILES string of the molecule is Cc1nn([C@H]2CCS(=O)(=O)C2)c2c1[C@H](c1cccs1)CC(=O)N2. The molecule has 0 aliphatic carbocycles. The third kappa shape index (κ3) is 2.49. The Morgan fingerprint density at radius 2 is 2.26 bits per heavy atom. The van der Waals surface area contributed by atoms with Crippen LogP contribution < -0.4 is 5.32 Å². The van der Waals surface area contributed by atoms with Gasteiger partial charge >= 0.3 is 0 Å². The highest BCUT2D eigenvalue weighted by molar-refractivity contribution is 7.91. The highest BCUT2D eigenvalue weighted by Crippen LogP contribution is 2.42. The molecule has 0 radical (unpaired) electrons. The molecule has 122 valence electrons. The monoisotopic (exact) mass is 351 g/mol. The van der Waals surface area contributed by atoms with Crippen LogP contribution in [-0.4, -0.2) is 35.6 Å². The minimum atomic E-state index is -3.00. The van der Waals surface area contributed by atoms with Gasteiger partial charge in [-0.1, -0.05) is 6.07 Å². The summed E-state index contributed by atoms with van der Waals surface area (Å²) in [6, 6.07) is 3.83. The van der Waals surface area contributed by atoms with E-state index < -0.39 is 9.84 Å². The molecule has 1 amide bonds. The fourth-order valence-corrected chi connectivity index (χ4v) is 6.07. The molecule has 0 bridgehead atoms. The van der Waals surface area contributed by atoms with Crippen LogP contribution in [0.25, 0.3) is 0 Å². The molecule has 2 atom stereocenters. The van der Waals surface area contributed by atoms with Crippen molar-refractivity contribution in [1.29, 1.82) is 0 Å². The molecule has 4 heterocycles. The van der Waals surface area contributed by atoms with Crippen LogP contribution in [0.15, 0.2) is 17.5 Å². The Morgan fingerprint density at radius 1 is 1.43 bits per heavy atom. The maximum atomic E-state index is 12.2. The van der Waals surface area contributed by atoms with E-state index in [9.17, 15) is 13.2 Å². The number of carbonyl (C=O) groups excluding carboxylic acids is 1. The minimum Gasteiger partial charge on any atom is -0.311 e. The quantitative estimate of drug-likeness (QED) is 0.898. The maximum Gasteiger partial charge on any atom is 0.226 e. The Balaban J connectivity index is 1.81. The van der Waals surface area contributed by atoms with Crippen LogP contribution in [0.3, 0.4) is 0 Å². The number of hydrogen-bond acceptors (Lipinski definition) is 5. The smallest absolute Gasteiger partial charge is 0.226 e. The van der Waals surface area contributed by atoms with E-state index in [4.69, 9.17) is 0 Å². The lowest BCUT2D eigenvalue weighted by Crippen LogP contribution is -2.26. The van der Waals surface area contributed by atoms with E-state index >= 15 is 0 Å². The second kappa shape index (κ2) is 5.17. The Labute approximate surface area is 138 Å². The van der Waals surface area contributed by atoms with Crippen LogP contribution in [-0.2, 0) is 14.6 Å². The molecule has 0 spiro atoms. The van der Waals surface area contributed by atoms with Crippen molar-refractivity contribution in [3.8, 4) is 0 Å². The number of hydrogen-bond donors (Lipinski definition) is 1. The number of sulfone groups is 1.